The first-order chi connectivity index (χ1) is 9.36. The van der Waals surface area contributed by atoms with Crippen LogP contribution in [0.1, 0.15) is 29.2 Å². The third-order valence-corrected chi connectivity index (χ3v) is 3.64. The molecule has 0 aromatic heterocycles. The monoisotopic (exact) mass is 273 g/mol. The van der Waals surface area contributed by atoms with Gasteiger partial charge in [0.25, 0.3) is 0 Å². The first kappa shape index (κ1) is 14.5. The second-order valence-electron chi connectivity index (χ2n) is 5.37. The molecule has 2 rings (SSSR count). The van der Waals surface area contributed by atoms with E-state index in [4.69, 9.17) is 10.5 Å². The third kappa shape index (κ3) is 2.54. The molecule has 20 heavy (non-hydrogen) atoms. The van der Waals surface area contributed by atoms with Crippen molar-refractivity contribution < 1.29 is 9.13 Å². The number of nitrogens with two attached hydrogens (primary N) is 1. The van der Waals surface area contributed by atoms with Gasteiger partial charge in [0.15, 0.2) is 0 Å². The van der Waals surface area contributed by atoms with Crippen LogP contribution >= 0.6 is 0 Å². The van der Waals surface area contributed by atoms with Crippen molar-refractivity contribution in [2.24, 2.45) is 5.73 Å². The molecule has 0 aliphatic rings. The van der Waals surface area contributed by atoms with Crippen LogP contribution in [0.15, 0.2) is 36.4 Å². The van der Waals surface area contributed by atoms with E-state index < -0.39 is 5.54 Å². The van der Waals surface area contributed by atoms with Crippen molar-refractivity contribution in [3.8, 4) is 5.75 Å². The molecule has 2 aromatic rings. The fourth-order valence-electron chi connectivity index (χ4n) is 2.65. The Bertz CT molecular complexity index is 594. The van der Waals surface area contributed by atoms with Crippen LogP contribution in [0.3, 0.4) is 0 Å². The summed E-state index contributed by atoms with van der Waals surface area (Å²) < 4.78 is 19.5. The Kier molecular flexibility index (Phi) is 3.82. The molecular weight excluding hydrogens is 253 g/mol. The smallest absolute Gasteiger partial charge is 0.129 e. The Balaban J connectivity index is 2.53. The average molecular weight is 273 g/mol. The summed E-state index contributed by atoms with van der Waals surface area (Å²) in [5, 5.41) is 0. The molecule has 0 fully saturated rings. The fraction of sp³-hybridized carbons (Fsp3) is 0.294. The summed E-state index contributed by atoms with van der Waals surface area (Å²) in [5.74, 6) is 0.494. The standard InChI is InChI=1S/C17H20FNO/c1-11-9-12(2)16(15(18)10-11)17(3,19)13-5-7-14(20-4)8-6-13/h5-10H,19H2,1-4H3. The van der Waals surface area contributed by atoms with Gasteiger partial charge in [-0.3, -0.25) is 0 Å². The number of hydrogen-bond acceptors (Lipinski definition) is 2. The summed E-state index contributed by atoms with van der Waals surface area (Å²) in [6, 6.07) is 10.9. The number of benzene rings is 2. The van der Waals surface area contributed by atoms with Gasteiger partial charge in [-0.15, -0.1) is 0 Å². The lowest BCUT2D eigenvalue weighted by molar-refractivity contribution is 0.414. The first-order valence-corrected chi connectivity index (χ1v) is 6.57. The average Bonchev–Trinajstić information content (AvgIpc) is 2.37. The van der Waals surface area contributed by atoms with E-state index >= 15 is 0 Å². The molecule has 0 amide bonds. The Morgan fingerprint density at radius 1 is 1.10 bits per heavy atom. The Hall–Kier alpha value is -1.87. The van der Waals surface area contributed by atoms with Crippen LogP contribution in [0.2, 0.25) is 0 Å². The predicted octanol–water partition coefficient (Wildman–Crippen LogP) is 3.67. The molecule has 2 N–H and O–H groups in total. The topological polar surface area (TPSA) is 35.2 Å². The number of rotatable bonds is 3. The van der Waals surface area contributed by atoms with Crippen LogP contribution in [0, 0.1) is 19.7 Å². The van der Waals surface area contributed by atoms with Crippen molar-refractivity contribution in [2.45, 2.75) is 26.3 Å². The highest BCUT2D eigenvalue weighted by molar-refractivity contribution is 5.45. The van der Waals surface area contributed by atoms with Crippen molar-refractivity contribution in [3.05, 3.63) is 64.5 Å². The molecule has 0 aliphatic carbocycles. The minimum atomic E-state index is -0.881. The number of aryl methyl sites for hydroxylation is 2. The van der Waals surface area contributed by atoms with E-state index in [1.165, 1.54) is 6.07 Å². The van der Waals surface area contributed by atoms with Gasteiger partial charge >= 0.3 is 0 Å². The summed E-state index contributed by atoms with van der Waals surface area (Å²) in [6.45, 7) is 5.59. The maximum Gasteiger partial charge on any atom is 0.129 e. The van der Waals surface area contributed by atoms with Crippen LogP contribution in [0.5, 0.6) is 5.75 Å². The number of methoxy groups -OCH3 is 1. The molecule has 0 aliphatic heterocycles. The number of halogens is 1. The summed E-state index contributed by atoms with van der Waals surface area (Å²) >= 11 is 0. The van der Waals surface area contributed by atoms with Crippen LogP contribution < -0.4 is 10.5 Å². The molecule has 0 heterocycles. The van der Waals surface area contributed by atoms with Crippen molar-refractivity contribution in [1.29, 1.82) is 0 Å². The van der Waals surface area contributed by atoms with Crippen molar-refractivity contribution in [2.75, 3.05) is 7.11 Å². The summed E-state index contributed by atoms with van der Waals surface area (Å²) in [6.07, 6.45) is 0. The Morgan fingerprint density at radius 3 is 2.20 bits per heavy atom. The minimum Gasteiger partial charge on any atom is -0.497 e. The van der Waals surface area contributed by atoms with E-state index in [1.807, 2.05) is 51.1 Å². The van der Waals surface area contributed by atoms with E-state index in [0.717, 1.165) is 22.4 Å². The highest BCUT2D eigenvalue weighted by Gasteiger charge is 2.29. The van der Waals surface area contributed by atoms with Gasteiger partial charge in [0.1, 0.15) is 11.6 Å². The lowest BCUT2D eigenvalue weighted by Gasteiger charge is -2.28. The molecule has 0 saturated carbocycles. The second kappa shape index (κ2) is 5.25. The summed E-state index contributed by atoms with van der Waals surface area (Å²) in [7, 11) is 1.61. The second-order valence-corrected chi connectivity index (χ2v) is 5.37. The van der Waals surface area contributed by atoms with E-state index in [9.17, 15) is 4.39 Å². The highest BCUT2D eigenvalue weighted by atomic mass is 19.1. The van der Waals surface area contributed by atoms with Crippen LogP contribution in [-0.2, 0) is 5.54 Å². The van der Waals surface area contributed by atoms with Gasteiger partial charge < -0.3 is 10.5 Å². The number of hydrogen-bond donors (Lipinski definition) is 1. The Morgan fingerprint density at radius 2 is 1.70 bits per heavy atom. The zero-order chi connectivity index (χ0) is 14.9. The maximum atomic E-state index is 14.3. The van der Waals surface area contributed by atoms with Crippen LogP contribution in [0.25, 0.3) is 0 Å². The fourth-order valence-corrected chi connectivity index (χ4v) is 2.65. The van der Waals surface area contributed by atoms with Gasteiger partial charge in [0, 0.05) is 5.56 Å². The predicted molar refractivity (Wildman–Crippen MR) is 79.5 cm³/mol. The van der Waals surface area contributed by atoms with Gasteiger partial charge in [-0.2, -0.15) is 0 Å². The quantitative estimate of drug-likeness (QED) is 0.926. The highest BCUT2D eigenvalue weighted by Crippen LogP contribution is 2.32. The van der Waals surface area contributed by atoms with E-state index in [-0.39, 0.29) is 5.82 Å². The van der Waals surface area contributed by atoms with Crippen LogP contribution in [-0.4, -0.2) is 7.11 Å². The molecule has 0 bridgehead atoms. The summed E-state index contributed by atoms with van der Waals surface area (Å²) in [4.78, 5) is 0. The molecule has 3 heteroatoms. The Labute approximate surface area is 119 Å². The van der Waals surface area contributed by atoms with Gasteiger partial charge in [-0.25, -0.2) is 4.39 Å². The van der Waals surface area contributed by atoms with Gasteiger partial charge in [-0.1, -0.05) is 18.2 Å². The lowest BCUT2D eigenvalue weighted by Crippen LogP contribution is -2.36. The van der Waals surface area contributed by atoms with E-state index in [1.54, 1.807) is 7.11 Å². The van der Waals surface area contributed by atoms with Crippen molar-refractivity contribution in [3.63, 3.8) is 0 Å². The minimum absolute atomic E-state index is 0.261. The molecule has 2 nitrogen and oxygen atoms in total. The SMILES string of the molecule is COc1ccc(C(C)(N)c2c(C)cc(C)cc2F)cc1. The molecular formula is C17H20FNO. The molecule has 106 valence electrons. The first-order valence-electron chi connectivity index (χ1n) is 6.57. The summed E-state index contributed by atoms with van der Waals surface area (Å²) in [5.41, 5.74) is 8.69. The normalized spacial score (nSPS) is 13.9. The lowest BCUT2D eigenvalue weighted by atomic mass is 9.82. The molecule has 2 aromatic carbocycles. The largest absolute Gasteiger partial charge is 0.497 e. The van der Waals surface area contributed by atoms with Gasteiger partial charge in [0.05, 0.1) is 12.6 Å². The molecule has 0 radical (unpaired) electrons. The van der Waals surface area contributed by atoms with E-state index in [2.05, 4.69) is 0 Å². The van der Waals surface area contributed by atoms with E-state index in [0.29, 0.717) is 5.56 Å². The zero-order valence-corrected chi connectivity index (χ0v) is 12.3. The third-order valence-electron chi connectivity index (χ3n) is 3.64. The number of ether oxygens (including phenoxy) is 1. The molecule has 0 spiro atoms. The molecule has 1 unspecified atom stereocenters. The maximum absolute atomic E-state index is 14.3. The molecule has 1 atom stereocenters. The molecule has 0 saturated heterocycles. The van der Waals surface area contributed by atoms with Gasteiger partial charge in [-0.05, 0) is 55.7 Å². The van der Waals surface area contributed by atoms with Crippen LogP contribution in [0.4, 0.5) is 4.39 Å². The van der Waals surface area contributed by atoms with Gasteiger partial charge in [0.2, 0.25) is 0 Å². The van der Waals surface area contributed by atoms with Crippen molar-refractivity contribution in [1.82, 2.24) is 0 Å². The van der Waals surface area contributed by atoms with Crippen molar-refractivity contribution >= 4 is 0 Å². The zero-order valence-electron chi connectivity index (χ0n) is 12.3.